The van der Waals surface area contributed by atoms with Crippen molar-refractivity contribution in [2.45, 2.75) is 39.0 Å². The number of aliphatic hydroxyl groups excluding tert-OH is 1. The van der Waals surface area contributed by atoms with E-state index in [2.05, 4.69) is 13.5 Å². The Bertz CT molecular complexity index is 110. The van der Waals surface area contributed by atoms with E-state index in [-0.39, 0.29) is 5.76 Å². The first-order valence-electron chi connectivity index (χ1n) is 4.72. The van der Waals surface area contributed by atoms with Gasteiger partial charge in [-0.05, 0) is 19.3 Å². The molecular formula is C10H20O2. The Hall–Kier alpha value is -0.500. The fraction of sp³-hybridized carbons (Fsp3) is 0.800. The van der Waals surface area contributed by atoms with Gasteiger partial charge in [0.05, 0.1) is 5.76 Å². The van der Waals surface area contributed by atoms with Crippen LogP contribution in [-0.2, 0) is 4.74 Å². The van der Waals surface area contributed by atoms with Crippen LogP contribution in [0.15, 0.2) is 12.3 Å². The Balaban J connectivity index is 2.86. The highest BCUT2D eigenvalue weighted by Crippen LogP contribution is 2.01. The summed E-state index contributed by atoms with van der Waals surface area (Å²) >= 11 is 0. The minimum atomic E-state index is 0.281. The lowest BCUT2D eigenvalue weighted by Gasteiger charge is -2.02. The number of aliphatic hydroxyl groups is 1. The Morgan fingerprint density at radius 1 is 1.25 bits per heavy atom. The maximum absolute atomic E-state index is 8.76. The van der Waals surface area contributed by atoms with E-state index in [1.165, 1.54) is 6.42 Å². The summed E-state index contributed by atoms with van der Waals surface area (Å²) in [5.41, 5.74) is 0. The van der Waals surface area contributed by atoms with Crippen LogP contribution in [-0.4, -0.2) is 18.3 Å². The molecule has 12 heavy (non-hydrogen) atoms. The molecule has 0 aromatic carbocycles. The van der Waals surface area contributed by atoms with Gasteiger partial charge < -0.3 is 9.84 Å². The van der Waals surface area contributed by atoms with E-state index in [4.69, 9.17) is 9.84 Å². The smallest absolute Gasteiger partial charge is 0.0851 e. The Kier molecular flexibility index (Phi) is 8.24. The van der Waals surface area contributed by atoms with E-state index in [1.807, 2.05) is 0 Å². The van der Waals surface area contributed by atoms with E-state index >= 15 is 0 Å². The third-order valence-electron chi connectivity index (χ3n) is 1.65. The largest absolute Gasteiger partial charge is 0.513 e. The summed E-state index contributed by atoms with van der Waals surface area (Å²) in [4.78, 5) is 0. The predicted molar refractivity (Wildman–Crippen MR) is 51.3 cm³/mol. The molecule has 0 aliphatic rings. The summed E-state index contributed by atoms with van der Waals surface area (Å²) in [5, 5.41) is 8.76. The molecule has 0 aliphatic carbocycles. The lowest BCUT2D eigenvalue weighted by atomic mass is 10.2. The van der Waals surface area contributed by atoms with Crippen molar-refractivity contribution in [3.8, 4) is 0 Å². The Morgan fingerprint density at radius 3 is 2.50 bits per heavy atom. The summed E-state index contributed by atoms with van der Waals surface area (Å²) in [5.74, 6) is 0.281. The van der Waals surface area contributed by atoms with Crippen molar-refractivity contribution in [2.75, 3.05) is 13.2 Å². The zero-order chi connectivity index (χ0) is 9.23. The predicted octanol–water partition coefficient (Wildman–Crippen LogP) is 3.05. The van der Waals surface area contributed by atoms with Crippen molar-refractivity contribution < 1.29 is 9.84 Å². The second kappa shape index (κ2) is 8.60. The first-order chi connectivity index (χ1) is 5.77. The fourth-order valence-corrected chi connectivity index (χ4v) is 0.882. The van der Waals surface area contributed by atoms with Crippen LogP contribution in [0.2, 0.25) is 0 Å². The molecule has 0 spiro atoms. The van der Waals surface area contributed by atoms with Crippen LogP contribution in [0.1, 0.15) is 39.0 Å². The Labute approximate surface area is 75.2 Å². The van der Waals surface area contributed by atoms with Gasteiger partial charge in [0.15, 0.2) is 0 Å². The lowest BCUT2D eigenvalue weighted by molar-refractivity contribution is 0.127. The maximum atomic E-state index is 8.76. The second-order valence-corrected chi connectivity index (χ2v) is 2.99. The standard InChI is InChI=1S/C10H20O2/c1-3-4-8-12-9-6-5-7-10(2)11/h11H,2-9H2,1H3. The lowest BCUT2D eigenvalue weighted by Crippen LogP contribution is -1.96. The van der Waals surface area contributed by atoms with Gasteiger partial charge in [-0.2, -0.15) is 0 Å². The number of rotatable bonds is 8. The quantitative estimate of drug-likeness (QED) is 0.450. The number of ether oxygens (including phenoxy) is 1. The van der Waals surface area contributed by atoms with Crippen LogP contribution in [0.3, 0.4) is 0 Å². The molecule has 0 heterocycles. The zero-order valence-corrected chi connectivity index (χ0v) is 8.01. The first kappa shape index (κ1) is 11.5. The SMILES string of the molecule is C=C(O)CCCCOCCCC. The maximum Gasteiger partial charge on any atom is 0.0851 e. The average Bonchev–Trinajstić information content (AvgIpc) is 2.02. The van der Waals surface area contributed by atoms with E-state index in [9.17, 15) is 0 Å². The van der Waals surface area contributed by atoms with Gasteiger partial charge >= 0.3 is 0 Å². The molecular weight excluding hydrogens is 152 g/mol. The summed E-state index contributed by atoms with van der Waals surface area (Å²) in [6.07, 6.45) is 5.03. The van der Waals surface area contributed by atoms with Crippen LogP contribution >= 0.6 is 0 Å². The van der Waals surface area contributed by atoms with Crippen molar-refractivity contribution in [1.29, 1.82) is 0 Å². The zero-order valence-electron chi connectivity index (χ0n) is 8.01. The summed E-state index contributed by atoms with van der Waals surface area (Å²) in [6.45, 7) is 7.25. The van der Waals surface area contributed by atoms with Gasteiger partial charge in [-0.15, -0.1) is 0 Å². The molecule has 0 fully saturated rings. The normalized spacial score (nSPS) is 10.1. The molecule has 0 rings (SSSR count). The molecule has 0 bridgehead atoms. The fourth-order valence-electron chi connectivity index (χ4n) is 0.882. The Morgan fingerprint density at radius 2 is 1.92 bits per heavy atom. The minimum Gasteiger partial charge on any atom is -0.513 e. The van der Waals surface area contributed by atoms with Crippen LogP contribution in [0.25, 0.3) is 0 Å². The van der Waals surface area contributed by atoms with Gasteiger partial charge in [0.25, 0.3) is 0 Å². The van der Waals surface area contributed by atoms with Gasteiger partial charge in [0.2, 0.25) is 0 Å². The van der Waals surface area contributed by atoms with Crippen molar-refractivity contribution in [3.63, 3.8) is 0 Å². The molecule has 72 valence electrons. The highest BCUT2D eigenvalue weighted by molar-refractivity contribution is 4.77. The van der Waals surface area contributed by atoms with Gasteiger partial charge in [0, 0.05) is 19.6 Å². The highest BCUT2D eigenvalue weighted by atomic mass is 16.5. The first-order valence-corrected chi connectivity index (χ1v) is 4.72. The summed E-state index contributed by atoms with van der Waals surface area (Å²) in [6, 6.07) is 0. The molecule has 0 unspecified atom stereocenters. The molecule has 2 heteroatoms. The van der Waals surface area contributed by atoms with Crippen molar-refractivity contribution in [3.05, 3.63) is 12.3 Å². The third kappa shape index (κ3) is 9.50. The second-order valence-electron chi connectivity index (χ2n) is 2.99. The summed E-state index contributed by atoms with van der Waals surface area (Å²) in [7, 11) is 0. The average molecular weight is 172 g/mol. The van der Waals surface area contributed by atoms with Crippen molar-refractivity contribution in [2.24, 2.45) is 0 Å². The minimum absolute atomic E-state index is 0.281. The molecule has 0 aliphatic heterocycles. The molecule has 0 aromatic rings. The highest BCUT2D eigenvalue weighted by Gasteiger charge is 1.91. The molecule has 0 saturated heterocycles. The van der Waals surface area contributed by atoms with Crippen LogP contribution < -0.4 is 0 Å². The monoisotopic (exact) mass is 172 g/mol. The molecule has 1 N–H and O–H groups in total. The molecule has 0 saturated carbocycles. The van der Waals surface area contributed by atoms with Gasteiger partial charge in [0.1, 0.15) is 0 Å². The molecule has 0 radical (unpaired) electrons. The van der Waals surface area contributed by atoms with Crippen LogP contribution in [0, 0.1) is 0 Å². The number of unbranched alkanes of at least 4 members (excludes halogenated alkanes) is 2. The summed E-state index contributed by atoms with van der Waals surface area (Å²) < 4.78 is 5.34. The number of hydrogen-bond donors (Lipinski definition) is 1. The van der Waals surface area contributed by atoms with E-state index in [0.717, 1.165) is 32.5 Å². The van der Waals surface area contributed by atoms with Gasteiger partial charge in [-0.3, -0.25) is 0 Å². The van der Waals surface area contributed by atoms with E-state index in [0.29, 0.717) is 6.42 Å². The number of allylic oxidation sites excluding steroid dienone is 1. The molecule has 0 amide bonds. The van der Waals surface area contributed by atoms with Gasteiger partial charge in [-0.1, -0.05) is 19.9 Å². The van der Waals surface area contributed by atoms with Crippen molar-refractivity contribution in [1.82, 2.24) is 0 Å². The van der Waals surface area contributed by atoms with E-state index in [1.54, 1.807) is 0 Å². The van der Waals surface area contributed by atoms with E-state index < -0.39 is 0 Å². The molecule has 2 nitrogen and oxygen atoms in total. The molecule has 0 aromatic heterocycles. The van der Waals surface area contributed by atoms with Crippen LogP contribution in [0.4, 0.5) is 0 Å². The topological polar surface area (TPSA) is 29.5 Å². The van der Waals surface area contributed by atoms with Crippen LogP contribution in [0.5, 0.6) is 0 Å². The van der Waals surface area contributed by atoms with Crippen molar-refractivity contribution >= 4 is 0 Å². The number of hydrogen-bond acceptors (Lipinski definition) is 2. The molecule has 0 atom stereocenters. The third-order valence-corrected chi connectivity index (χ3v) is 1.65. The van der Waals surface area contributed by atoms with Gasteiger partial charge in [-0.25, -0.2) is 0 Å².